The second kappa shape index (κ2) is 4.40. The second-order valence-electron chi connectivity index (χ2n) is 2.49. The Morgan fingerprint density at radius 2 is 2.31 bits per heavy atom. The van der Waals surface area contributed by atoms with Crippen LogP contribution < -0.4 is 0 Å². The fraction of sp³-hybridized carbons (Fsp3) is 0.200. The minimum atomic E-state index is 0.540. The number of hydrogen-bond donors (Lipinski definition) is 0. The number of aryl methyl sites for hydroxylation is 1. The molecule has 0 saturated heterocycles. The molecule has 0 unspecified atom stereocenters. The van der Waals surface area contributed by atoms with Gasteiger partial charge in [0.15, 0.2) is 5.82 Å². The quantitative estimate of drug-likeness (QED) is 0.664. The minimum Gasteiger partial charge on any atom is -0.334 e. The Labute approximate surface area is 77.5 Å². The normalized spacial score (nSPS) is 12.3. The number of aromatic nitrogens is 2. The van der Waals surface area contributed by atoms with Crippen LogP contribution in [0.3, 0.4) is 0 Å². The van der Waals surface area contributed by atoms with Gasteiger partial charge >= 0.3 is 0 Å². The third-order valence-corrected chi connectivity index (χ3v) is 1.50. The third-order valence-electron chi connectivity index (χ3n) is 1.50. The first-order valence-corrected chi connectivity index (χ1v) is 4.04. The van der Waals surface area contributed by atoms with E-state index >= 15 is 0 Å². The largest absolute Gasteiger partial charge is 0.334 e. The lowest BCUT2D eigenvalue weighted by Crippen LogP contribution is -1.80. The van der Waals surface area contributed by atoms with Gasteiger partial charge in [-0.3, -0.25) is 0 Å². The molecule has 1 aromatic heterocycles. The number of nitrogens with zero attached hydrogens (tertiary/aromatic N) is 2. The predicted octanol–water partition coefficient (Wildman–Crippen LogP) is 2.52. The molecule has 1 heterocycles. The Kier molecular flexibility index (Phi) is 3.20. The van der Waals surface area contributed by atoms with Gasteiger partial charge in [0.1, 0.15) is 0 Å². The fourth-order valence-electron chi connectivity index (χ4n) is 0.877. The van der Waals surface area contributed by atoms with Crippen LogP contribution in [0.5, 0.6) is 0 Å². The van der Waals surface area contributed by atoms with E-state index in [2.05, 4.69) is 16.7 Å². The van der Waals surface area contributed by atoms with Gasteiger partial charge in [0.25, 0.3) is 5.89 Å². The zero-order valence-corrected chi connectivity index (χ0v) is 7.82. The first-order valence-electron chi connectivity index (χ1n) is 4.04. The molecule has 0 amide bonds. The molecule has 0 aliphatic heterocycles. The molecule has 1 aromatic rings. The first kappa shape index (κ1) is 9.45. The first-order chi connectivity index (χ1) is 6.27. The van der Waals surface area contributed by atoms with Crippen LogP contribution in [-0.4, -0.2) is 10.1 Å². The third kappa shape index (κ3) is 2.40. The summed E-state index contributed by atoms with van der Waals surface area (Å²) in [5, 5.41) is 3.71. The Hall–Kier alpha value is -1.64. The molecule has 0 aliphatic carbocycles. The molecule has 0 aliphatic rings. The predicted molar refractivity (Wildman–Crippen MR) is 52.0 cm³/mol. The summed E-state index contributed by atoms with van der Waals surface area (Å²) in [4.78, 5) is 4.10. The standard InChI is InChI=1S/C10H12N2O/c1-4-6-7-9(5-2)10-11-8(3)12-13-10/h4-7H,1H2,2-3H3/b7-6-,9-5+. The molecule has 0 radical (unpaired) electrons. The summed E-state index contributed by atoms with van der Waals surface area (Å²) in [6, 6.07) is 0. The lowest BCUT2D eigenvalue weighted by atomic mass is 10.2. The van der Waals surface area contributed by atoms with E-state index in [0.29, 0.717) is 11.7 Å². The smallest absolute Gasteiger partial charge is 0.257 e. The molecule has 3 heteroatoms. The highest BCUT2D eigenvalue weighted by molar-refractivity contribution is 5.68. The molecule has 0 bridgehead atoms. The van der Waals surface area contributed by atoms with E-state index in [1.165, 1.54) is 0 Å². The maximum absolute atomic E-state index is 5.00. The minimum absolute atomic E-state index is 0.540. The molecule has 0 atom stereocenters. The van der Waals surface area contributed by atoms with Crippen LogP contribution in [-0.2, 0) is 0 Å². The summed E-state index contributed by atoms with van der Waals surface area (Å²) < 4.78 is 5.00. The molecule has 3 nitrogen and oxygen atoms in total. The summed E-state index contributed by atoms with van der Waals surface area (Å²) in [5.74, 6) is 1.18. The van der Waals surface area contributed by atoms with E-state index < -0.39 is 0 Å². The van der Waals surface area contributed by atoms with Gasteiger partial charge in [-0.15, -0.1) is 0 Å². The monoisotopic (exact) mass is 176 g/mol. The van der Waals surface area contributed by atoms with Gasteiger partial charge in [0.2, 0.25) is 0 Å². The zero-order chi connectivity index (χ0) is 9.68. The maximum atomic E-state index is 5.00. The summed E-state index contributed by atoms with van der Waals surface area (Å²) in [7, 11) is 0. The van der Waals surface area contributed by atoms with Crippen molar-refractivity contribution in [3.8, 4) is 0 Å². The van der Waals surface area contributed by atoms with Crippen molar-refractivity contribution in [3.05, 3.63) is 42.6 Å². The van der Waals surface area contributed by atoms with Gasteiger partial charge in [0, 0.05) is 5.57 Å². The molecular formula is C10H12N2O. The van der Waals surface area contributed by atoms with Gasteiger partial charge in [-0.25, -0.2) is 0 Å². The molecule has 0 saturated carbocycles. The average molecular weight is 176 g/mol. The molecule has 0 spiro atoms. The van der Waals surface area contributed by atoms with Crippen LogP contribution >= 0.6 is 0 Å². The Morgan fingerprint density at radius 3 is 2.77 bits per heavy atom. The lowest BCUT2D eigenvalue weighted by Gasteiger charge is -1.90. The van der Waals surface area contributed by atoms with Crippen LogP contribution in [0.2, 0.25) is 0 Å². The average Bonchev–Trinajstić information content (AvgIpc) is 2.54. The molecule has 1 rings (SSSR count). The van der Waals surface area contributed by atoms with E-state index in [4.69, 9.17) is 4.52 Å². The van der Waals surface area contributed by atoms with Crippen molar-refractivity contribution in [1.82, 2.24) is 10.1 Å². The van der Waals surface area contributed by atoms with Gasteiger partial charge in [0.05, 0.1) is 0 Å². The fourth-order valence-corrected chi connectivity index (χ4v) is 0.877. The van der Waals surface area contributed by atoms with E-state index in [1.807, 2.05) is 25.2 Å². The van der Waals surface area contributed by atoms with Gasteiger partial charge in [-0.1, -0.05) is 30.0 Å². The van der Waals surface area contributed by atoms with Crippen LogP contribution in [0.1, 0.15) is 18.6 Å². The molecule has 0 aromatic carbocycles. The Balaban J connectivity index is 2.91. The highest BCUT2D eigenvalue weighted by Crippen LogP contribution is 2.12. The summed E-state index contributed by atoms with van der Waals surface area (Å²) >= 11 is 0. The lowest BCUT2D eigenvalue weighted by molar-refractivity contribution is 0.403. The van der Waals surface area contributed by atoms with E-state index in [1.54, 1.807) is 13.0 Å². The van der Waals surface area contributed by atoms with Gasteiger partial charge in [-0.2, -0.15) is 4.98 Å². The van der Waals surface area contributed by atoms with E-state index in [-0.39, 0.29) is 0 Å². The molecule has 0 fully saturated rings. The number of rotatable bonds is 3. The van der Waals surface area contributed by atoms with Gasteiger partial charge < -0.3 is 4.52 Å². The second-order valence-corrected chi connectivity index (χ2v) is 2.49. The van der Waals surface area contributed by atoms with Gasteiger partial charge in [-0.05, 0) is 19.9 Å². The van der Waals surface area contributed by atoms with E-state index in [9.17, 15) is 0 Å². The van der Waals surface area contributed by atoms with Crippen molar-refractivity contribution < 1.29 is 4.52 Å². The van der Waals surface area contributed by atoms with Crippen molar-refractivity contribution in [2.75, 3.05) is 0 Å². The van der Waals surface area contributed by atoms with Crippen molar-refractivity contribution in [1.29, 1.82) is 0 Å². The molecule has 0 N–H and O–H groups in total. The maximum Gasteiger partial charge on any atom is 0.257 e. The van der Waals surface area contributed by atoms with Crippen molar-refractivity contribution in [2.45, 2.75) is 13.8 Å². The van der Waals surface area contributed by atoms with Crippen molar-refractivity contribution in [3.63, 3.8) is 0 Å². The summed E-state index contributed by atoms with van der Waals surface area (Å²) in [5.41, 5.74) is 0.903. The number of allylic oxidation sites excluding steroid dienone is 5. The molecule has 68 valence electrons. The van der Waals surface area contributed by atoms with Crippen molar-refractivity contribution >= 4 is 5.57 Å². The van der Waals surface area contributed by atoms with Crippen LogP contribution in [0.25, 0.3) is 5.57 Å². The SMILES string of the molecule is C=C/C=C\C(=C/C)c1nc(C)no1. The Bertz CT molecular complexity index is 348. The van der Waals surface area contributed by atoms with Crippen LogP contribution in [0.15, 0.2) is 35.4 Å². The van der Waals surface area contributed by atoms with Crippen molar-refractivity contribution in [2.24, 2.45) is 0 Å². The van der Waals surface area contributed by atoms with Crippen LogP contribution in [0, 0.1) is 6.92 Å². The molecular weight excluding hydrogens is 164 g/mol. The molecule has 13 heavy (non-hydrogen) atoms. The zero-order valence-electron chi connectivity index (χ0n) is 7.82. The Morgan fingerprint density at radius 1 is 1.54 bits per heavy atom. The summed E-state index contributed by atoms with van der Waals surface area (Å²) in [6.07, 6.45) is 7.31. The highest BCUT2D eigenvalue weighted by Gasteiger charge is 2.04. The highest BCUT2D eigenvalue weighted by atomic mass is 16.5. The summed E-state index contributed by atoms with van der Waals surface area (Å²) in [6.45, 7) is 7.29. The topological polar surface area (TPSA) is 38.9 Å². The number of hydrogen-bond acceptors (Lipinski definition) is 3. The van der Waals surface area contributed by atoms with E-state index in [0.717, 1.165) is 5.57 Å². The van der Waals surface area contributed by atoms with Crippen LogP contribution in [0.4, 0.5) is 0 Å².